The highest BCUT2D eigenvalue weighted by Crippen LogP contribution is 2.33. The van der Waals surface area contributed by atoms with Crippen molar-refractivity contribution >= 4 is 23.0 Å². The standard InChI is InChI=1S/C19H23N3O4/c23-17(21-10-7-19(8-11-21)24-12-13-25-19)15-5-3-9-22(15)18-20-14-4-1-2-6-16(14)26-18/h1-2,4,6,15H,3,5,7-13H2. The number of benzene rings is 1. The van der Waals surface area contributed by atoms with E-state index in [1.54, 1.807) is 0 Å². The number of carbonyl (C=O) groups excluding carboxylic acids is 1. The normalized spacial score (nSPS) is 25.5. The zero-order chi connectivity index (χ0) is 17.6. The van der Waals surface area contributed by atoms with Crippen molar-refractivity contribution in [1.29, 1.82) is 0 Å². The Bertz CT molecular complexity index is 771. The van der Waals surface area contributed by atoms with Crippen LogP contribution < -0.4 is 4.90 Å². The van der Waals surface area contributed by atoms with Gasteiger partial charge in [0.05, 0.1) is 13.2 Å². The van der Waals surface area contributed by atoms with E-state index in [0.717, 1.165) is 43.3 Å². The molecule has 2 aromatic rings. The second kappa shape index (κ2) is 6.25. The number of oxazole rings is 1. The molecule has 1 spiro atoms. The number of piperidine rings is 1. The van der Waals surface area contributed by atoms with Crippen LogP contribution in [-0.2, 0) is 14.3 Å². The monoisotopic (exact) mass is 357 g/mol. The van der Waals surface area contributed by atoms with Crippen molar-refractivity contribution in [3.05, 3.63) is 24.3 Å². The minimum Gasteiger partial charge on any atom is -0.423 e. The highest BCUT2D eigenvalue weighted by molar-refractivity contribution is 5.86. The molecule has 3 fully saturated rings. The topological polar surface area (TPSA) is 68.0 Å². The first kappa shape index (κ1) is 16.1. The summed E-state index contributed by atoms with van der Waals surface area (Å²) in [6, 6.07) is 8.07. The summed E-state index contributed by atoms with van der Waals surface area (Å²) >= 11 is 0. The summed E-state index contributed by atoms with van der Waals surface area (Å²) in [6.07, 6.45) is 3.30. The molecule has 138 valence electrons. The van der Waals surface area contributed by atoms with Gasteiger partial charge in [-0.2, -0.15) is 4.98 Å². The van der Waals surface area contributed by atoms with Gasteiger partial charge in [-0.25, -0.2) is 0 Å². The Hall–Kier alpha value is -2.12. The minimum absolute atomic E-state index is 0.164. The Morgan fingerprint density at radius 2 is 1.88 bits per heavy atom. The second-order valence-corrected chi connectivity index (χ2v) is 7.25. The van der Waals surface area contributed by atoms with Crippen LogP contribution in [0.3, 0.4) is 0 Å². The Balaban J connectivity index is 1.31. The van der Waals surface area contributed by atoms with E-state index >= 15 is 0 Å². The van der Waals surface area contributed by atoms with Gasteiger partial charge in [0, 0.05) is 32.5 Å². The van der Waals surface area contributed by atoms with Crippen molar-refractivity contribution in [2.75, 3.05) is 37.7 Å². The van der Waals surface area contributed by atoms with E-state index in [2.05, 4.69) is 4.98 Å². The van der Waals surface area contributed by atoms with E-state index in [9.17, 15) is 4.79 Å². The van der Waals surface area contributed by atoms with Crippen LogP contribution in [-0.4, -0.2) is 60.5 Å². The highest BCUT2D eigenvalue weighted by Gasteiger charge is 2.43. The van der Waals surface area contributed by atoms with Crippen molar-refractivity contribution < 1.29 is 18.7 Å². The summed E-state index contributed by atoms with van der Waals surface area (Å²) < 4.78 is 17.4. The molecule has 0 radical (unpaired) electrons. The smallest absolute Gasteiger partial charge is 0.299 e. The van der Waals surface area contributed by atoms with Crippen molar-refractivity contribution in [3.8, 4) is 0 Å². The highest BCUT2D eigenvalue weighted by atomic mass is 16.7. The van der Waals surface area contributed by atoms with Crippen LogP contribution >= 0.6 is 0 Å². The van der Waals surface area contributed by atoms with E-state index in [-0.39, 0.29) is 11.9 Å². The van der Waals surface area contributed by atoms with Crippen molar-refractivity contribution in [2.24, 2.45) is 0 Å². The first-order chi connectivity index (χ1) is 12.7. The van der Waals surface area contributed by atoms with Gasteiger partial charge in [0.15, 0.2) is 11.4 Å². The third-order valence-corrected chi connectivity index (χ3v) is 5.72. The third kappa shape index (κ3) is 2.66. The van der Waals surface area contributed by atoms with Crippen LogP contribution in [0, 0.1) is 0 Å². The Morgan fingerprint density at radius 1 is 1.12 bits per heavy atom. The molecule has 5 rings (SSSR count). The number of ether oxygens (including phenoxy) is 2. The summed E-state index contributed by atoms with van der Waals surface area (Å²) in [5.41, 5.74) is 1.59. The predicted molar refractivity (Wildman–Crippen MR) is 94.8 cm³/mol. The van der Waals surface area contributed by atoms with Crippen LogP contribution in [0.4, 0.5) is 6.01 Å². The molecule has 0 aliphatic carbocycles. The largest absolute Gasteiger partial charge is 0.423 e. The summed E-state index contributed by atoms with van der Waals surface area (Å²) in [6.45, 7) is 3.46. The lowest BCUT2D eigenvalue weighted by atomic mass is 10.0. The molecule has 1 amide bonds. The fourth-order valence-corrected chi connectivity index (χ4v) is 4.30. The number of rotatable bonds is 2. The molecule has 0 saturated carbocycles. The predicted octanol–water partition coefficient (Wildman–Crippen LogP) is 2.16. The fraction of sp³-hybridized carbons (Fsp3) is 0.579. The Labute approximate surface area is 151 Å². The molecule has 0 bridgehead atoms. The number of fused-ring (bicyclic) bond motifs is 1. The van der Waals surface area contributed by atoms with Crippen LogP contribution in [0.5, 0.6) is 0 Å². The number of carbonyl (C=O) groups is 1. The molecule has 1 aromatic carbocycles. The number of likely N-dealkylation sites (tertiary alicyclic amines) is 1. The lowest BCUT2D eigenvalue weighted by Gasteiger charge is -2.39. The molecule has 0 N–H and O–H groups in total. The third-order valence-electron chi connectivity index (χ3n) is 5.72. The lowest BCUT2D eigenvalue weighted by Crippen LogP contribution is -2.52. The van der Waals surface area contributed by atoms with Crippen molar-refractivity contribution in [1.82, 2.24) is 9.88 Å². The first-order valence-corrected chi connectivity index (χ1v) is 9.43. The van der Waals surface area contributed by atoms with Crippen molar-refractivity contribution in [2.45, 2.75) is 37.5 Å². The number of anilines is 1. The van der Waals surface area contributed by atoms with Crippen LogP contribution in [0.25, 0.3) is 11.1 Å². The van der Waals surface area contributed by atoms with Gasteiger partial charge in [-0.1, -0.05) is 12.1 Å². The molecular weight excluding hydrogens is 334 g/mol. The summed E-state index contributed by atoms with van der Waals surface area (Å²) in [5, 5.41) is 0. The van der Waals surface area contributed by atoms with Gasteiger partial charge < -0.3 is 23.7 Å². The van der Waals surface area contributed by atoms with Gasteiger partial charge in [-0.15, -0.1) is 0 Å². The number of hydrogen-bond donors (Lipinski definition) is 0. The zero-order valence-corrected chi connectivity index (χ0v) is 14.7. The summed E-state index contributed by atoms with van der Waals surface area (Å²) in [5.74, 6) is -0.288. The molecule has 26 heavy (non-hydrogen) atoms. The SMILES string of the molecule is O=C(C1CCCN1c1nc2ccccc2o1)N1CCC2(CC1)OCCO2. The van der Waals surface area contributed by atoms with Gasteiger partial charge >= 0.3 is 0 Å². The average molecular weight is 357 g/mol. The first-order valence-electron chi connectivity index (χ1n) is 9.43. The van der Waals surface area contributed by atoms with Gasteiger partial charge in [0.25, 0.3) is 6.01 Å². The molecule has 3 saturated heterocycles. The van der Waals surface area contributed by atoms with Gasteiger partial charge in [-0.3, -0.25) is 4.79 Å². The van der Waals surface area contributed by atoms with Crippen LogP contribution in [0.1, 0.15) is 25.7 Å². The van der Waals surface area contributed by atoms with Gasteiger partial charge in [0.2, 0.25) is 5.91 Å². The molecule has 3 aliphatic rings. The van der Waals surface area contributed by atoms with Gasteiger partial charge in [0.1, 0.15) is 11.6 Å². The molecule has 1 aromatic heterocycles. The number of hydrogen-bond acceptors (Lipinski definition) is 6. The van der Waals surface area contributed by atoms with E-state index in [0.29, 0.717) is 32.3 Å². The minimum atomic E-state index is -0.452. The van der Waals surface area contributed by atoms with Crippen LogP contribution in [0.2, 0.25) is 0 Å². The number of nitrogens with zero attached hydrogens (tertiary/aromatic N) is 3. The van der Waals surface area contributed by atoms with E-state index in [1.807, 2.05) is 34.1 Å². The van der Waals surface area contributed by atoms with Crippen molar-refractivity contribution in [3.63, 3.8) is 0 Å². The maximum Gasteiger partial charge on any atom is 0.299 e. The van der Waals surface area contributed by atoms with E-state index in [4.69, 9.17) is 13.9 Å². The Kier molecular flexibility index (Phi) is 3.86. The van der Waals surface area contributed by atoms with E-state index < -0.39 is 5.79 Å². The fourth-order valence-electron chi connectivity index (χ4n) is 4.30. The number of para-hydroxylation sites is 2. The summed E-state index contributed by atoms with van der Waals surface area (Å²) in [4.78, 5) is 21.7. The Morgan fingerprint density at radius 3 is 2.65 bits per heavy atom. The molecule has 4 heterocycles. The average Bonchev–Trinajstić information content (AvgIpc) is 3.40. The maximum absolute atomic E-state index is 13.1. The molecule has 3 aliphatic heterocycles. The molecule has 1 unspecified atom stereocenters. The van der Waals surface area contributed by atoms with E-state index in [1.165, 1.54) is 0 Å². The lowest BCUT2D eigenvalue weighted by molar-refractivity contribution is -0.187. The number of amides is 1. The second-order valence-electron chi connectivity index (χ2n) is 7.25. The quantitative estimate of drug-likeness (QED) is 0.820. The molecule has 1 atom stereocenters. The zero-order valence-electron chi connectivity index (χ0n) is 14.7. The molecular formula is C19H23N3O4. The molecule has 7 nitrogen and oxygen atoms in total. The summed E-state index contributed by atoms with van der Waals surface area (Å²) in [7, 11) is 0. The maximum atomic E-state index is 13.1. The number of aromatic nitrogens is 1. The molecule has 7 heteroatoms. The van der Waals surface area contributed by atoms with Gasteiger partial charge in [-0.05, 0) is 25.0 Å². The van der Waals surface area contributed by atoms with Crippen LogP contribution in [0.15, 0.2) is 28.7 Å².